The highest BCUT2D eigenvalue weighted by atomic mass is 79.9. The lowest BCUT2D eigenvalue weighted by atomic mass is 9.84. The van der Waals surface area contributed by atoms with Crippen LogP contribution in [0.3, 0.4) is 0 Å². The summed E-state index contributed by atoms with van der Waals surface area (Å²) in [4.78, 5) is 33.5. The van der Waals surface area contributed by atoms with E-state index in [2.05, 4.69) is 37.8 Å². The molecular formula is C31H41BrN4O5. The third-order valence-electron chi connectivity index (χ3n) is 7.81. The van der Waals surface area contributed by atoms with Crippen molar-refractivity contribution in [3.63, 3.8) is 0 Å². The SMILES string of the molecule is Br.CC(C)(C)c1cc(C(=O)CN2Cc3ccc(C4CC4)nc3C2=N)cc(N2CCOCC2)c1OCCCCC(=O)O. The van der Waals surface area contributed by atoms with E-state index < -0.39 is 5.97 Å². The van der Waals surface area contributed by atoms with Gasteiger partial charge in [0, 0.05) is 54.4 Å². The predicted octanol–water partition coefficient (Wildman–Crippen LogP) is 5.33. The highest BCUT2D eigenvalue weighted by molar-refractivity contribution is 8.93. The molecule has 41 heavy (non-hydrogen) atoms. The van der Waals surface area contributed by atoms with E-state index in [-0.39, 0.29) is 41.1 Å². The van der Waals surface area contributed by atoms with Crippen molar-refractivity contribution in [2.45, 2.75) is 70.8 Å². The van der Waals surface area contributed by atoms with Crippen LogP contribution in [0.25, 0.3) is 0 Å². The third-order valence-corrected chi connectivity index (χ3v) is 7.81. The van der Waals surface area contributed by atoms with Crippen LogP contribution in [0.15, 0.2) is 24.3 Å². The largest absolute Gasteiger partial charge is 0.491 e. The number of carbonyl (C=O) groups is 2. The number of hydrogen-bond acceptors (Lipinski definition) is 7. The van der Waals surface area contributed by atoms with Gasteiger partial charge in [-0.2, -0.15) is 0 Å². The number of halogens is 1. The van der Waals surface area contributed by atoms with Crippen molar-refractivity contribution in [2.24, 2.45) is 0 Å². The van der Waals surface area contributed by atoms with E-state index >= 15 is 0 Å². The molecule has 1 saturated carbocycles. The molecule has 1 aromatic carbocycles. The molecule has 0 spiro atoms. The smallest absolute Gasteiger partial charge is 0.303 e. The number of nitrogens with zero attached hydrogens (tertiary/aromatic N) is 3. The van der Waals surface area contributed by atoms with Gasteiger partial charge in [-0.1, -0.05) is 26.8 Å². The minimum Gasteiger partial charge on any atom is -0.491 e. The molecule has 1 saturated heterocycles. The van der Waals surface area contributed by atoms with E-state index in [0.717, 1.165) is 41.1 Å². The van der Waals surface area contributed by atoms with Crippen molar-refractivity contribution in [1.82, 2.24) is 9.88 Å². The number of aliphatic carboxylic acids is 1. The molecular weight excluding hydrogens is 588 g/mol. The van der Waals surface area contributed by atoms with Crippen molar-refractivity contribution in [3.05, 3.63) is 52.3 Å². The lowest BCUT2D eigenvalue weighted by molar-refractivity contribution is -0.137. The summed E-state index contributed by atoms with van der Waals surface area (Å²) >= 11 is 0. The molecule has 1 aliphatic carbocycles. The molecule has 3 heterocycles. The molecule has 2 aliphatic heterocycles. The van der Waals surface area contributed by atoms with Crippen molar-refractivity contribution in [1.29, 1.82) is 5.41 Å². The Morgan fingerprint density at radius 3 is 2.54 bits per heavy atom. The number of hydrogen-bond donors (Lipinski definition) is 2. The first-order chi connectivity index (χ1) is 19.1. The molecule has 3 aliphatic rings. The third kappa shape index (κ3) is 7.27. The number of nitrogens with one attached hydrogen (secondary N) is 1. The molecule has 1 aromatic heterocycles. The second-order valence-corrected chi connectivity index (χ2v) is 12.1. The van der Waals surface area contributed by atoms with Gasteiger partial charge in [-0.15, -0.1) is 17.0 Å². The number of fused-ring (bicyclic) bond motifs is 1. The number of aromatic nitrogens is 1. The molecule has 0 amide bonds. The Hall–Kier alpha value is -2.98. The summed E-state index contributed by atoms with van der Waals surface area (Å²) in [5.74, 6) is 0.727. The Labute approximate surface area is 252 Å². The molecule has 0 radical (unpaired) electrons. The molecule has 0 unspecified atom stereocenters. The van der Waals surface area contributed by atoms with Crippen molar-refractivity contribution >= 4 is 40.3 Å². The lowest BCUT2D eigenvalue weighted by Gasteiger charge is -2.34. The van der Waals surface area contributed by atoms with Gasteiger partial charge in [0.2, 0.25) is 0 Å². The number of Topliss-reactive ketones (excluding diaryl/α,β-unsaturated/α-hetero) is 1. The fourth-order valence-corrected chi connectivity index (χ4v) is 5.35. The highest BCUT2D eigenvalue weighted by Gasteiger charge is 2.32. The Morgan fingerprint density at radius 1 is 1.15 bits per heavy atom. The number of amidine groups is 1. The van der Waals surface area contributed by atoms with Gasteiger partial charge < -0.3 is 24.4 Å². The highest BCUT2D eigenvalue weighted by Crippen LogP contribution is 2.42. The number of carboxylic acids is 1. The minimum absolute atomic E-state index is 0. The average Bonchev–Trinajstić information content (AvgIpc) is 3.73. The van der Waals surface area contributed by atoms with E-state index in [1.165, 1.54) is 0 Å². The maximum Gasteiger partial charge on any atom is 0.303 e. The van der Waals surface area contributed by atoms with Crippen molar-refractivity contribution < 1.29 is 24.2 Å². The van der Waals surface area contributed by atoms with Gasteiger partial charge in [-0.05, 0) is 49.3 Å². The van der Waals surface area contributed by atoms with E-state index in [4.69, 9.17) is 25.0 Å². The van der Waals surface area contributed by atoms with E-state index in [9.17, 15) is 9.59 Å². The number of ketones is 1. The summed E-state index contributed by atoms with van der Waals surface area (Å²) in [6, 6.07) is 7.99. The summed E-state index contributed by atoms with van der Waals surface area (Å²) in [7, 11) is 0. The molecule has 0 bridgehead atoms. The Kier molecular flexibility index (Phi) is 9.74. The Balaban J connectivity index is 0.00000387. The zero-order chi connectivity index (χ0) is 28.4. The van der Waals surface area contributed by atoms with Crippen molar-refractivity contribution in [3.8, 4) is 5.75 Å². The number of unbranched alkanes of at least 4 members (excludes halogenated alkanes) is 1. The predicted molar refractivity (Wildman–Crippen MR) is 163 cm³/mol. The van der Waals surface area contributed by atoms with E-state index in [1.54, 1.807) is 0 Å². The molecule has 5 rings (SSSR count). The first kappa shape index (κ1) is 31.0. The number of benzene rings is 1. The standard InChI is InChI=1S/C31H40N4O5.BrH/c1-31(2,3)23-16-22(17-25(34-11-14-39-15-12-34)29(23)40-13-5-4-6-27(37)38)26(36)19-35-18-21-9-10-24(20-7-8-20)33-28(21)30(35)32;/h9-10,16-17,20,32H,4-8,11-15,18-19H2,1-3H3,(H,37,38);1H. The summed E-state index contributed by atoms with van der Waals surface area (Å²) in [5.41, 5.74) is 4.86. The van der Waals surface area contributed by atoms with Crippen LogP contribution in [0.1, 0.15) is 91.7 Å². The zero-order valence-electron chi connectivity index (χ0n) is 24.2. The topological polar surface area (TPSA) is 116 Å². The maximum absolute atomic E-state index is 13.8. The maximum atomic E-state index is 13.8. The first-order valence-electron chi connectivity index (χ1n) is 14.3. The van der Waals surface area contributed by atoms with Crippen LogP contribution in [0, 0.1) is 5.41 Å². The monoisotopic (exact) mass is 628 g/mol. The molecule has 222 valence electrons. The van der Waals surface area contributed by atoms with E-state index in [1.807, 2.05) is 17.0 Å². The van der Waals surface area contributed by atoms with Gasteiger partial charge in [-0.3, -0.25) is 15.0 Å². The van der Waals surface area contributed by atoms with E-state index in [0.29, 0.717) is 75.3 Å². The first-order valence-corrected chi connectivity index (χ1v) is 14.3. The fraction of sp³-hybridized carbons (Fsp3) is 0.548. The average molecular weight is 630 g/mol. The second kappa shape index (κ2) is 12.9. The fourth-order valence-electron chi connectivity index (χ4n) is 5.35. The quantitative estimate of drug-likeness (QED) is 0.253. The van der Waals surface area contributed by atoms with Gasteiger partial charge in [0.15, 0.2) is 5.78 Å². The van der Waals surface area contributed by atoms with Gasteiger partial charge >= 0.3 is 5.97 Å². The molecule has 9 nitrogen and oxygen atoms in total. The number of anilines is 1. The molecule has 2 aromatic rings. The van der Waals surface area contributed by atoms with Crippen LogP contribution >= 0.6 is 17.0 Å². The normalized spacial score (nSPS) is 16.8. The number of carbonyl (C=O) groups excluding carboxylic acids is 1. The summed E-state index contributed by atoms with van der Waals surface area (Å²) in [6.07, 6.45) is 3.61. The molecule has 2 N–H and O–H groups in total. The van der Waals surface area contributed by atoms with Gasteiger partial charge in [-0.25, -0.2) is 4.98 Å². The molecule has 2 fully saturated rings. The summed E-state index contributed by atoms with van der Waals surface area (Å²) < 4.78 is 11.9. The van der Waals surface area contributed by atoms with Crippen LogP contribution in [0.4, 0.5) is 5.69 Å². The van der Waals surface area contributed by atoms with Gasteiger partial charge in [0.1, 0.15) is 17.3 Å². The van der Waals surface area contributed by atoms with Gasteiger partial charge in [0.05, 0.1) is 32.1 Å². The number of morpholine rings is 1. The number of rotatable bonds is 11. The zero-order valence-corrected chi connectivity index (χ0v) is 25.9. The number of ether oxygens (including phenoxy) is 2. The van der Waals surface area contributed by atoms with Crippen molar-refractivity contribution in [2.75, 3.05) is 44.4 Å². The van der Waals surface area contributed by atoms with Crippen LogP contribution in [-0.2, 0) is 21.5 Å². The Bertz CT molecular complexity index is 1300. The molecule has 10 heteroatoms. The van der Waals surface area contributed by atoms with Gasteiger partial charge in [0.25, 0.3) is 0 Å². The van der Waals surface area contributed by atoms with Crippen LogP contribution in [-0.4, -0.2) is 72.0 Å². The summed E-state index contributed by atoms with van der Waals surface area (Å²) in [5, 5.41) is 17.7. The van der Waals surface area contributed by atoms with Crippen LogP contribution in [0.5, 0.6) is 5.75 Å². The minimum atomic E-state index is -0.805. The second-order valence-electron chi connectivity index (χ2n) is 12.1. The number of carboxylic acid groups (broad SMARTS) is 1. The lowest BCUT2D eigenvalue weighted by Crippen LogP contribution is -2.37. The summed E-state index contributed by atoms with van der Waals surface area (Å²) in [6.45, 7) is 9.91. The molecule has 0 atom stereocenters. The Morgan fingerprint density at radius 2 is 1.88 bits per heavy atom. The van der Waals surface area contributed by atoms with Crippen LogP contribution < -0.4 is 9.64 Å². The number of pyridine rings is 1. The van der Waals surface area contributed by atoms with Crippen LogP contribution in [0.2, 0.25) is 0 Å².